The van der Waals surface area contributed by atoms with Gasteiger partial charge in [-0.2, -0.15) is 5.10 Å². The van der Waals surface area contributed by atoms with E-state index in [1.54, 1.807) is 48.5 Å². The topological polar surface area (TPSA) is 30.7 Å². The molecule has 1 aromatic heterocycles. The number of benzene rings is 2. The highest BCUT2D eigenvalue weighted by atomic mass is 35.5. The monoisotopic (exact) mass is 335 g/mol. The summed E-state index contributed by atoms with van der Waals surface area (Å²) in [6.45, 7) is 0.0102. The lowest BCUT2D eigenvalue weighted by molar-refractivity contribution is 0.182. The number of aromatic nitrogens is 3. The van der Waals surface area contributed by atoms with Crippen LogP contribution in [0.25, 0.3) is 0 Å². The largest absolute Gasteiger partial charge is 0.249 e. The SMILES string of the molecule is FC(Cn1cncn1)(c1ccc(Cl)cc1)c1ccc(Cl)cc1. The van der Waals surface area contributed by atoms with Crippen LogP contribution in [0.15, 0.2) is 61.2 Å². The molecule has 1 heterocycles. The molecule has 0 aliphatic rings. The summed E-state index contributed by atoms with van der Waals surface area (Å²) in [5, 5.41) is 5.12. The van der Waals surface area contributed by atoms with Crippen molar-refractivity contribution in [1.29, 1.82) is 0 Å². The van der Waals surface area contributed by atoms with E-state index in [2.05, 4.69) is 10.1 Å². The molecule has 22 heavy (non-hydrogen) atoms. The van der Waals surface area contributed by atoms with Crippen LogP contribution in [-0.2, 0) is 12.2 Å². The summed E-state index contributed by atoms with van der Waals surface area (Å²) in [7, 11) is 0. The Morgan fingerprint density at radius 3 is 1.82 bits per heavy atom. The van der Waals surface area contributed by atoms with Crippen LogP contribution in [0.2, 0.25) is 10.0 Å². The van der Waals surface area contributed by atoms with Gasteiger partial charge in [-0.3, -0.25) is 0 Å². The average molecular weight is 336 g/mol. The molecule has 0 atom stereocenters. The summed E-state index contributed by atoms with van der Waals surface area (Å²) in [5.41, 5.74) is -0.771. The van der Waals surface area contributed by atoms with Crippen molar-refractivity contribution in [3.8, 4) is 0 Å². The first kappa shape index (κ1) is 15.0. The van der Waals surface area contributed by atoms with Gasteiger partial charge in [-0.25, -0.2) is 14.1 Å². The van der Waals surface area contributed by atoms with Crippen molar-refractivity contribution in [3.63, 3.8) is 0 Å². The minimum atomic E-state index is -1.76. The second-order valence-electron chi connectivity index (χ2n) is 4.91. The van der Waals surface area contributed by atoms with Crippen molar-refractivity contribution in [2.75, 3.05) is 0 Å². The molecular weight excluding hydrogens is 324 g/mol. The zero-order chi connectivity index (χ0) is 15.6. The maximum Gasteiger partial charge on any atom is 0.180 e. The van der Waals surface area contributed by atoms with Crippen LogP contribution in [0, 0.1) is 0 Å². The predicted molar refractivity (Wildman–Crippen MR) is 84.8 cm³/mol. The molecule has 0 unspecified atom stereocenters. The van der Waals surface area contributed by atoms with Crippen molar-refractivity contribution in [3.05, 3.63) is 82.4 Å². The Kier molecular flexibility index (Phi) is 4.14. The molecule has 0 saturated heterocycles. The maximum atomic E-state index is 15.9. The number of hydrogen-bond donors (Lipinski definition) is 0. The van der Waals surface area contributed by atoms with Gasteiger partial charge < -0.3 is 0 Å². The molecule has 0 fully saturated rings. The van der Waals surface area contributed by atoms with Crippen LogP contribution in [0.1, 0.15) is 11.1 Å². The Labute approximate surface area is 137 Å². The molecule has 3 rings (SSSR count). The van der Waals surface area contributed by atoms with Crippen LogP contribution in [0.3, 0.4) is 0 Å². The van der Waals surface area contributed by atoms with Crippen molar-refractivity contribution < 1.29 is 4.39 Å². The van der Waals surface area contributed by atoms with E-state index in [0.717, 1.165) is 0 Å². The van der Waals surface area contributed by atoms with E-state index < -0.39 is 5.67 Å². The minimum Gasteiger partial charge on any atom is -0.249 e. The van der Waals surface area contributed by atoms with Crippen molar-refractivity contribution in [1.82, 2.24) is 14.8 Å². The molecule has 0 bridgehead atoms. The summed E-state index contributed by atoms with van der Waals surface area (Å²) < 4.78 is 17.4. The smallest absolute Gasteiger partial charge is 0.180 e. The van der Waals surface area contributed by atoms with Gasteiger partial charge in [0.05, 0.1) is 6.54 Å². The summed E-state index contributed by atoms with van der Waals surface area (Å²) in [4.78, 5) is 3.86. The van der Waals surface area contributed by atoms with E-state index in [4.69, 9.17) is 23.2 Å². The van der Waals surface area contributed by atoms with Gasteiger partial charge in [0.15, 0.2) is 5.67 Å². The first-order chi connectivity index (χ1) is 10.6. The zero-order valence-corrected chi connectivity index (χ0v) is 13.0. The molecule has 0 aliphatic carbocycles. The van der Waals surface area contributed by atoms with Crippen LogP contribution in [-0.4, -0.2) is 14.8 Å². The second-order valence-corrected chi connectivity index (χ2v) is 5.78. The standard InChI is InChI=1S/C16H12Cl2FN3/c17-14-5-1-12(2-6-14)16(19,9-22-11-20-10-21-22)13-3-7-15(18)8-4-13/h1-8,10-11H,9H2. The number of halogens is 3. The Morgan fingerprint density at radius 1 is 0.909 bits per heavy atom. The van der Waals surface area contributed by atoms with E-state index in [0.29, 0.717) is 21.2 Å². The predicted octanol–water partition coefficient (Wildman–Crippen LogP) is 4.50. The van der Waals surface area contributed by atoms with Crippen LogP contribution < -0.4 is 0 Å². The van der Waals surface area contributed by atoms with Gasteiger partial charge in [-0.15, -0.1) is 0 Å². The lowest BCUT2D eigenvalue weighted by atomic mass is 9.88. The van der Waals surface area contributed by atoms with Crippen molar-refractivity contribution in [2.24, 2.45) is 0 Å². The van der Waals surface area contributed by atoms with Gasteiger partial charge in [-0.05, 0) is 35.4 Å². The molecule has 0 spiro atoms. The van der Waals surface area contributed by atoms with Gasteiger partial charge in [0, 0.05) is 10.0 Å². The summed E-state index contributed by atoms with van der Waals surface area (Å²) in [6, 6.07) is 13.4. The van der Waals surface area contributed by atoms with Gasteiger partial charge in [0.1, 0.15) is 12.7 Å². The van der Waals surface area contributed by atoms with Crippen molar-refractivity contribution >= 4 is 23.2 Å². The van der Waals surface area contributed by atoms with Crippen molar-refractivity contribution in [2.45, 2.75) is 12.2 Å². The highest BCUT2D eigenvalue weighted by molar-refractivity contribution is 6.30. The zero-order valence-electron chi connectivity index (χ0n) is 11.5. The van der Waals surface area contributed by atoms with E-state index >= 15 is 4.39 Å². The Morgan fingerprint density at radius 2 is 1.41 bits per heavy atom. The third kappa shape index (κ3) is 2.98. The molecule has 2 aromatic carbocycles. The lowest BCUT2D eigenvalue weighted by Crippen LogP contribution is -2.28. The van der Waals surface area contributed by atoms with Gasteiger partial charge >= 0.3 is 0 Å². The number of hydrogen-bond acceptors (Lipinski definition) is 2. The normalized spacial score (nSPS) is 11.6. The van der Waals surface area contributed by atoms with Gasteiger partial charge in [-0.1, -0.05) is 47.5 Å². The molecule has 0 radical (unpaired) electrons. The first-order valence-electron chi connectivity index (χ1n) is 6.61. The summed E-state index contributed by atoms with van der Waals surface area (Å²) in [6.07, 6.45) is 2.87. The first-order valence-corrected chi connectivity index (χ1v) is 7.37. The molecule has 3 nitrogen and oxygen atoms in total. The quantitative estimate of drug-likeness (QED) is 0.702. The number of alkyl halides is 1. The van der Waals surface area contributed by atoms with Crippen LogP contribution in [0.5, 0.6) is 0 Å². The molecule has 0 saturated carbocycles. The highest BCUT2D eigenvalue weighted by Gasteiger charge is 2.35. The molecular formula is C16H12Cl2FN3. The lowest BCUT2D eigenvalue weighted by Gasteiger charge is -2.26. The fourth-order valence-electron chi connectivity index (χ4n) is 2.31. The Hall–Kier alpha value is -1.91. The Balaban J connectivity index is 2.08. The molecule has 0 N–H and O–H groups in total. The molecule has 0 amide bonds. The van der Waals surface area contributed by atoms with Gasteiger partial charge in [0.2, 0.25) is 0 Å². The van der Waals surface area contributed by atoms with Crippen LogP contribution >= 0.6 is 23.2 Å². The number of nitrogens with zero attached hydrogens (tertiary/aromatic N) is 3. The van der Waals surface area contributed by atoms with E-state index in [9.17, 15) is 0 Å². The average Bonchev–Trinajstić information content (AvgIpc) is 3.01. The van der Waals surface area contributed by atoms with Gasteiger partial charge in [0.25, 0.3) is 0 Å². The third-order valence-electron chi connectivity index (χ3n) is 3.45. The van der Waals surface area contributed by atoms with Crippen LogP contribution in [0.4, 0.5) is 4.39 Å². The maximum absolute atomic E-state index is 15.9. The molecule has 112 valence electrons. The summed E-state index contributed by atoms with van der Waals surface area (Å²) in [5.74, 6) is 0. The molecule has 6 heteroatoms. The highest BCUT2D eigenvalue weighted by Crippen LogP contribution is 2.36. The Bertz CT molecular complexity index is 695. The number of rotatable bonds is 4. The second kappa shape index (κ2) is 6.07. The molecule has 3 aromatic rings. The van der Waals surface area contributed by atoms with E-state index in [1.165, 1.54) is 17.3 Å². The minimum absolute atomic E-state index is 0.0102. The van der Waals surface area contributed by atoms with E-state index in [-0.39, 0.29) is 6.54 Å². The van der Waals surface area contributed by atoms with E-state index in [1.807, 2.05) is 0 Å². The third-order valence-corrected chi connectivity index (χ3v) is 3.95. The fourth-order valence-corrected chi connectivity index (χ4v) is 2.57. The summed E-state index contributed by atoms with van der Waals surface area (Å²) >= 11 is 11.8. The fraction of sp³-hybridized carbons (Fsp3) is 0.125. The molecule has 0 aliphatic heterocycles.